The lowest BCUT2D eigenvalue weighted by atomic mass is 10.2. The Hall–Kier alpha value is -2.36. The van der Waals surface area contributed by atoms with Crippen LogP contribution in [0.5, 0.6) is 0 Å². The summed E-state index contributed by atoms with van der Waals surface area (Å²) in [5.74, 6) is 1.80. The second-order valence-electron chi connectivity index (χ2n) is 6.24. The standard InChI is InChI=1S/C19H25N7.HI/c1-20-19(24(2)13-17-11-23-25(3)14-17)22-12-18-21-9-10-26(18)15-16-7-5-4-6-8-16;/h4-11,14H,12-13,15H2,1-3H3,(H,20,22);1H. The number of aryl methyl sites for hydroxylation is 1. The predicted octanol–water partition coefficient (Wildman–Crippen LogP) is 2.49. The third-order valence-corrected chi connectivity index (χ3v) is 4.15. The van der Waals surface area contributed by atoms with Crippen LogP contribution in [0.2, 0.25) is 0 Å². The molecule has 0 atom stereocenters. The summed E-state index contributed by atoms with van der Waals surface area (Å²) in [5, 5.41) is 7.60. The molecule has 0 aliphatic carbocycles. The molecule has 7 nitrogen and oxygen atoms in total. The van der Waals surface area contributed by atoms with Gasteiger partial charge < -0.3 is 14.8 Å². The van der Waals surface area contributed by atoms with Crippen molar-refractivity contribution in [2.75, 3.05) is 14.1 Å². The second kappa shape index (κ2) is 10.1. The molecular weight excluding hydrogens is 453 g/mol. The zero-order chi connectivity index (χ0) is 18.4. The number of benzene rings is 1. The normalized spacial score (nSPS) is 11.1. The number of aromatic nitrogens is 4. The van der Waals surface area contributed by atoms with Crippen molar-refractivity contribution >= 4 is 29.9 Å². The molecule has 27 heavy (non-hydrogen) atoms. The Bertz CT molecular complexity index is 854. The van der Waals surface area contributed by atoms with E-state index in [2.05, 4.69) is 54.1 Å². The number of halogens is 1. The maximum atomic E-state index is 4.48. The number of hydrogen-bond acceptors (Lipinski definition) is 3. The van der Waals surface area contributed by atoms with Crippen molar-refractivity contribution < 1.29 is 0 Å². The first kappa shape index (κ1) is 20.9. The summed E-state index contributed by atoms with van der Waals surface area (Å²) in [5.41, 5.74) is 2.40. The fourth-order valence-corrected chi connectivity index (χ4v) is 2.88. The maximum Gasteiger partial charge on any atom is 0.194 e. The van der Waals surface area contributed by atoms with E-state index in [4.69, 9.17) is 0 Å². The molecule has 0 saturated heterocycles. The van der Waals surface area contributed by atoms with Gasteiger partial charge in [-0.2, -0.15) is 5.10 Å². The first-order valence-corrected chi connectivity index (χ1v) is 8.59. The van der Waals surface area contributed by atoms with Gasteiger partial charge >= 0.3 is 0 Å². The van der Waals surface area contributed by atoms with E-state index in [0.29, 0.717) is 6.54 Å². The van der Waals surface area contributed by atoms with Crippen LogP contribution >= 0.6 is 24.0 Å². The summed E-state index contributed by atoms with van der Waals surface area (Å²) in [6.45, 7) is 2.16. The molecule has 2 aromatic heterocycles. The van der Waals surface area contributed by atoms with Gasteiger partial charge in [0.1, 0.15) is 5.82 Å². The number of nitrogens with one attached hydrogen (secondary N) is 1. The van der Waals surface area contributed by atoms with E-state index in [0.717, 1.165) is 30.4 Å². The van der Waals surface area contributed by atoms with Crippen molar-refractivity contribution in [1.29, 1.82) is 0 Å². The van der Waals surface area contributed by atoms with Gasteiger partial charge in [-0.3, -0.25) is 9.67 Å². The minimum atomic E-state index is 0. The summed E-state index contributed by atoms with van der Waals surface area (Å²) in [6, 6.07) is 10.4. The van der Waals surface area contributed by atoms with Gasteiger partial charge in [0.2, 0.25) is 0 Å². The van der Waals surface area contributed by atoms with Crippen molar-refractivity contribution in [1.82, 2.24) is 29.5 Å². The first-order chi connectivity index (χ1) is 12.7. The van der Waals surface area contributed by atoms with Crippen LogP contribution in [0.1, 0.15) is 17.0 Å². The molecule has 0 aliphatic rings. The van der Waals surface area contributed by atoms with Crippen LogP contribution in [0.3, 0.4) is 0 Å². The Morgan fingerprint density at radius 2 is 2.00 bits per heavy atom. The van der Waals surface area contributed by atoms with E-state index in [-0.39, 0.29) is 24.0 Å². The molecular formula is C19H26IN7. The maximum absolute atomic E-state index is 4.48. The zero-order valence-corrected chi connectivity index (χ0v) is 18.2. The highest BCUT2D eigenvalue weighted by Gasteiger charge is 2.10. The topological polar surface area (TPSA) is 63.3 Å². The summed E-state index contributed by atoms with van der Waals surface area (Å²) < 4.78 is 3.95. The highest BCUT2D eigenvalue weighted by molar-refractivity contribution is 14.0. The van der Waals surface area contributed by atoms with Crippen LogP contribution in [0.25, 0.3) is 0 Å². The highest BCUT2D eigenvalue weighted by atomic mass is 127. The fourth-order valence-electron chi connectivity index (χ4n) is 2.88. The van der Waals surface area contributed by atoms with Crippen LogP contribution < -0.4 is 5.32 Å². The number of guanidine groups is 1. The van der Waals surface area contributed by atoms with E-state index in [1.165, 1.54) is 5.56 Å². The molecule has 1 N–H and O–H groups in total. The molecule has 8 heteroatoms. The molecule has 144 valence electrons. The summed E-state index contributed by atoms with van der Waals surface area (Å²) in [4.78, 5) is 10.9. The molecule has 0 spiro atoms. The van der Waals surface area contributed by atoms with Crippen molar-refractivity contribution in [3.63, 3.8) is 0 Å². The van der Waals surface area contributed by atoms with E-state index in [1.807, 2.05) is 44.9 Å². The molecule has 0 unspecified atom stereocenters. The number of hydrogen-bond donors (Lipinski definition) is 1. The van der Waals surface area contributed by atoms with Crippen LogP contribution in [0, 0.1) is 0 Å². The van der Waals surface area contributed by atoms with Gasteiger partial charge in [-0.05, 0) is 5.56 Å². The fraction of sp³-hybridized carbons (Fsp3) is 0.316. The average Bonchev–Trinajstić information content (AvgIpc) is 3.25. The Morgan fingerprint density at radius 1 is 1.22 bits per heavy atom. The summed E-state index contributed by atoms with van der Waals surface area (Å²) in [6.07, 6.45) is 7.72. The molecule has 0 radical (unpaired) electrons. The van der Waals surface area contributed by atoms with Gasteiger partial charge in [-0.1, -0.05) is 30.3 Å². The largest absolute Gasteiger partial charge is 0.349 e. The lowest BCUT2D eigenvalue weighted by Crippen LogP contribution is -2.38. The zero-order valence-electron chi connectivity index (χ0n) is 15.9. The minimum absolute atomic E-state index is 0. The van der Waals surface area contributed by atoms with E-state index >= 15 is 0 Å². The van der Waals surface area contributed by atoms with Gasteiger partial charge in [0, 0.05) is 58.4 Å². The molecule has 0 fully saturated rings. The van der Waals surface area contributed by atoms with Crippen LogP contribution in [-0.4, -0.2) is 44.3 Å². The molecule has 0 bridgehead atoms. The number of rotatable bonds is 6. The predicted molar refractivity (Wildman–Crippen MR) is 118 cm³/mol. The Balaban J connectivity index is 0.00000261. The van der Waals surface area contributed by atoms with E-state index in [1.54, 1.807) is 11.7 Å². The van der Waals surface area contributed by atoms with Crippen LogP contribution in [0.15, 0.2) is 60.1 Å². The minimum Gasteiger partial charge on any atom is -0.349 e. The molecule has 3 rings (SSSR count). The Labute approximate surface area is 177 Å². The molecule has 2 heterocycles. The van der Waals surface area contributed by atoms with Crippen molar-refractivity contribution in [3.05, 3.63) is 72.1 Å². The first-order valence-electron chi connectivity index (χ1n) is 8.59. The number of nitrogens with zero attached hydrogens (tertiary/aromatic N) is 6. The lowest BCUT2D eigenvalue weighted by molar-refractivity contribution is 0.474. The van der Waals surface area contributed by atoms with Crippen molar-refractivity contribution in [2.45, 2.75) is 19.6 Å². The van der Waals surface area contributed by atoms with Crippen molar-refractivity contribution in [2.24, 2.45) is 12.0 Å². The average molecular weight is 479 g/mol. The molecule has 0 saturated carbocycles. The van der Waals surface area contributed by atoms with Gasteiger partial charge in [0.05, 0.1) is 12.7 Å². The van der Waals surface area contributed by atoms with Gasteiger partial charge in [-0.15, -0.1) is 24.0 Å². The quantitative estimate of drug-likeness (QED) is 0.335. The van der Waals surface area contributed by atoms with Crippen LogP contribution in [-0.2, 0) is 26.7 Å². The van der Waals surface area contributed by atoms with Crippen LogP contribution in [0.4, 0.5) is 0 Å². The second-order valence-corrected chi connectivity index (χ2v) is 6.24. The van der Waals surface area contributed by atoms with Crippen molar-refractivity contribution in [3.8, 4) is 0 Å². The monoisotopic (exact) mass is 479 g/mol. The third kappa shape index (κ3) is 5.81. The molecule has 1 aromatic carbocycles. The molecule has 0 aliphatic heterocycles. The SMILES string of the molecule is CN=C(NCc1nccn1Cc1ccccc1)N(C)Cc1cnn(C)c1.I. The van der Waals surface area contributed by atoms with Gasteiger partial charge in [0.15, 0.2) is 5.96 Å². The molecule has 3 aromatic rings. The summed E-state index contributed by atoms with van der Waals surface area (Å²) in [7, 11) is 5.72. The van der Waals surface area contributed by atoms with E-state index in [9.17, 15) is 0 Å². The smallest absolute Gasteiger partial charge is 0.194 e. The number of imidazole rings is 1. The van der Waals surface area contributed by atoms with Gasteiger partial charge in [-0.25, -0.2) is 4.98 Å². The summed E-state index contributed by atoms with van der Waals surface area (Å²) >= 11 is 0. The Morgan fingerprint density at radius 3 is 2.67 bits per heavy atom. The molecule has 0 amide bonds. The van der Waals surface area contributed by atoms with Gasteiger partial charge in [0.25, 0.3) is 0 Å². The Kier molecular flexibility index (Phi) is 7.83. The lowest BCUT2D eigenvalue weighted by Gasteiger charge is -2.21. The number of aliphatic imine (C=N–C) groups is 1. The van der Waals surface area contributed by atoms with E-state index < -0.39 is 0 Å². The highest BCUT2D eigenvalue weighted by Crippen LogP contribution is 2.06. The third-order valence-electron chi connectivity index (χ3n) is 4.15.